The maximum atomic E-state index is 16.6. The van der Waals surface area contributed by atoms with Crippen LogP contribution in [0.5, 0.6) is 5.75 Å². The van der Waals surface area contributed by atoms with E-state index in [1.807, 2.05) is 26.8 Å². The third-order valence-electron chi connectivity index (χ3n) is 27.9. The molecule has 1 aromatic rings. The van der Waals surface area contributed by atoms with Gasteiger partial charge in [-0.2, -0.15) is 0 Å². The first-order chi connectivity index (χ1) is 55.3. The third-order valence-corrected chi connectivity index (χ3v) is 27.9. The lowest BCUT2D eigenvalue weighted by atomic mass is 9.33. The minimum absolute atomic E-state index is 0.0332. The number of aliphatic hydroxyl groups excluding tert-OH is 14. The van der Waals surface area contributed by atoms with Crippen molar-refractivity contribution in [1.82, 2.24) is 0 Å². The fourth-order valence-electron chi connectivity index (χ4n) is 21.1. The highest BCUT2D eigenvalue weighted by molar-refractivity contribution is 5.87. The standard InChI is InChI=1S/C80H118O38/c1-34-49(89)52(92)55(95)66(108-34)115-61-59(112-47(87)18-13-37-11-14-38(104-10)15-12-37)36(3)110-69(62(61)116-68-57(97)60(58(35(2)109-68)113-65-54(94)50(90)42(84)30-105-65)114-70-63(98)80(103,33-107-70)32-106-48(88)28-74(6,102)27-46(85)86)118-72(101)78-22-21-73(4,5)25-40(78)39-16-17-44-75(7)26-41(83)64(117-67-56(96)53(93)51(91)43(29-81)111-67)77(9,71(99)100)45(75)19-20-76(44,8)79(39,31-82)24-23-78/h11-16,18,34-36,40-45,49-70,81-84,89-98,102-103H,17,19-33H2,1-10H3,(H,85,86)(H,99,100)/t34-,35-,36+,40-,41-,42+,43+,44+,45+,49-,50-,51+,52+,53-,54+,55+,56+,57+,58-,59-,60-,61-,62+,63-,64-,65-,66+,67-,68-,69-,70-,74-,75+,76+,77-,78-,79-,80+/m0/s1. The number of hydrogen-bond donors (Lipinski definition) is 18. The maximum Gasteiger partial charge on any atom is 0.331 e. The van der Waals surface area contributed by atoms with E-state index < -0.39 is 309 Å². The molecule has 12 rings (SSSR count). The summed E-state index contributed by atoms with van der Waals surface area (Å²) in [5, 5.41) is 202. The first-order valence-corrected chi connectivity index (χ1v) is 40.3. The SMILES string of the molecule is COc1ccc(C=CC(=O)O[C@@H]2[C@H](O[C@H]3O[C@@H](C)[C@H](O)[C@@H](O)[C@H]3O)[C@@H](O[C@@H]3O[C@@H](C)[C@H](O[C@@H]4OC[C@@H](O)[C@H](O)[C@H]4O)[C@@H](O[C@@H]4OC[C@](O)(COC(=O)C[C@@](C)(O)CC(=O)O)[C@H]4O)[C@H]3O)[C@H](OC(=O)[C@]34CCC(C)(C)C[C@H]3C3=CC[C@@H]5[C@@]6(C)C[C@H](O)[C@H](O[C@@H]7O[C@H](CO)[C@@H](O)[C@H](O)[C@H]7O)[C@@](C)(C(=O)O)[C@@H]6CC[C@@]5(C)[C@]3(CO)CC4)O[C@@H]2C)cc1. The van der Waals surface area contributed by atoms with E-state index in [1.54, 1.807) is 24.3 Å². The molecule has 38 atom stereocenters. The average Bonchev–Trinajstić information content (AvgIpc) is 0.693. The van der Waals surface area contributed by atoms with Gasteiger partial charge in [-0.05, 0) is 150 Å². The molecule has 6 saturated heterocycles. The van der Waals surface area contributed by atoms with Crippen molar-refractivity contribution >= 4 is 35.9 Å². The van der Waals surface area contributed by atoms with Gasteiger partial charge in [0.2, 0.25) is 6.29 Å². The van der Waals surface area contributed by atoms with Gasteiger partial charge in [-0.3, -0.25) is 19.2 Å². The number of carbonyl (C=O) groups is 5. The molecule has 0 bridgehead atoms. The van der Waals surface area contributed by atoms with Crippen LogP contribution in [0.25, 0.3) is 6.08 Å². The van der Waals surface area contributed by atoms with Gasteiger partial charge in [0.15, 0.2) is 49.3 Å². The molecule has 5 aliphatic carbocycles. The molecule has 0 amide bonds. The Kier molecular flexibility index (Phi) is 27.3. The van der Waals surface area contributed by atoms with E-state index in [4.69, 9.17) is 71.1 Å². The Balaban J connectivity index is 0.907. The van der Waals surface area contributed by atoms with Crippen LogP contribution < -0.4 is 4.74 Å². The fourth-order valence-corrected chi connectivity index (χ4v) is 21.1. The van der Waals surface area contributed by atoms with Gasteiger partial charge in [0.1, 0.15) is 110 Å². The molecule has 10 fully saturated rings. The van der Waals surface area contributed by atoms with Crippen molar-refractivity contribution in [1.29, 1.82) is 0 Å². The largest absolute Gasteiger partial charge is 0.497 e. The second-order valence-electron chi connectivity index (χ2n) is 36.2. The van der Waals surface area contributed by atoms with Crippen LogP contribution in [0.3, 0.4) is 0 Å². The van der Waals surface area contributed by atoms with Gasteiger partial charge in [0.05, 0.1) is 87.2 Å². The van der Waals surface area contributed by atoms with Gasteiger partial charge < -0.3 is 163 Å². The minimum Gasteiger partial charge on any atom is -0.497 e. The summed E-state index contributed by atoms with van der Waals surface area (Å²) in [6, 6.07) is 6.55. The number of methoxy groups -OCH3 is 1. The highest BCUT2D eigenvalue weighted by atomic mass is 16.8. The molecule has 666 valence electrons. The molecule has 0 radical (unpaired) electrons. The van der Waals surface area contributed by atoms with Gasteiger partial charge in [0, 0.05) is 11.5 Å². The van der Waals surface area contributed by atoms with Crippen LogP contribution in [0, 0.1) is 50.2 Å². The van der Waals surface area contributed by atoms with E-state index in [0.29, 0.717) is 30.6 Å². The molecule has 6 aliphatic heterocycles. The number of fused-ring (bicyclic) bond motifs is 7. The summed E-state index contributed by atoms with van der Waals surface area (Å²) in [5.41, 5.74) is -10.4. The van der Waals surface area contributed by atoms with Crippen molar-refractivity contribution in [2.45, 2.75) is 316 Å². The maximum absolute atomic E-state index is 16.6. The number of ether oxygens (including phenoxy) is 15. The van der Waals surface area contributed by atoms with Gasteiger partial charge >= 0.3 is 29.8 Å². The van der Waals surface area contributed by atoms with E-state index in [-0.39, 0.29) is 38.5 Å². The quantitative estimate of drug-likeness (QED) is 0.0157. The van der Waals surface area contributed by atoms with Gasteiger partial charge in [-0.1, -0.05) is 51.5 Å². The summed E-state index contributed by atoms with van der Waals surface area (Å²) >= 11 is 0. The second kappa shape index (κ2) is 35.1. The zero-order valence-electron chi connectivity index (χ0n) is 67.5. The number of aliphatic hydroxyl groups is 16. The first-order valence-electron chi connectivity index (χ1n) is 40.3. The number of carbonyl (C=O) groups excluding carboxylic acids is 3. The van der Waals surface area contributed by atoms with Gasteiger partial charge in [-0.25, -0.2) is 4.79 Å². The number of carboxylic acids is 2. The normalized spacial score (nSPS) is 47.3. The lowest BCUT2D eigenvalue weighted by molar-refractivity contribution is -0.397. The van der Waals surface area contributed by atoms with Crippen LogP contribution in [-0.2, 0) is 90.3 Å². The van der Waals surface area contributed by atoms with Crippen molar-refractivity contribution in [2.75, 3.05) is 40.1 Å². The van der Waals surface area contributed by atoms with Crippen LogP contribution in [0.1, 0.15) is 139 Å². The predicted octanol–water partition coefficient (Wildman–Crippen LogP) is -2.58. The van der Waals surface area contributed by atoms with Crippen molar-refractivity contribution in [3.63, 3.8) is 0 Å². The summed E-state index contributed by atoms with van der Waals surface area (Å²) < 4.78 is 92.3. The number of esters is 3. The predicted molar refractivity (Wildman–Crippen MR) is 394 cm³/mol. The van der Waals surface area contributed by atoms with E-state index in [2.05, 4.69) is 6.92 Å². The Labute approximate surface area is 680 Å². The molecule has 6 heterocycles. The monoisotopic (exact) mass is 1690 g/mol. The number of aliphatic carboxylic acids is 2. The molecule has 38 nitrogen and oxygen atoms in total. The smallest absolute Gasteiger partial charge is 0.331 e. The molecule has 1 aromatic carbocycles. The van der Waals surface area contributed by atoms with Gasteiger partial charge in [-0.15, -0.1) is 0 Å². The number of allylic oxidation sites excluding steroid dienone is 1. The number of benzene rings is 1. The highest BCUT2D eigenvalue weighted by Crippen LogP contribution is 2.76. The summed E-state index contributed by atoms with van der Waals surface area (Å²) in [6.07, 6.45) is -47.1. The van der Waals surface area contributed by atoms with E-state index >= 15 is 4.79 Å². The summed E-state index contributed by atoms with van der Waals surface area (Å²) in [5.74, 6) is -7.40. The minimum atomic E-state index is -2.54. The Morgan fingerprint density at radius 1 is 0.593 bits per heavy atom. The molecule has 38 heteroatoms. The lowest BCUT2D eigenvalue weighted by Crippen LogP contribution is -2.71. The Bertz CT molecular complexity index is 3770. The molecule has 0 unspecified atom stereocenters. The number of rotatable bonds is 25. The molecule has 11 aliphatic rings. The zero-order valence-corrected chi connectivity index (χ0v) is 67.5. The Morgan fingerprint density at radius 2 is 1.19 bits per heavy atom. The lowest BCUT2D eigenvalue weighted by Gasteiger charge is -2.71. The molecule has 0 aromatic heterocycles. The number of hydrogen-bond acceptors (Lipinski definition) is 36. The molecular weight excluding hydrogens is 1570 g/mol. The molecule has 4 saturated carbocycles. The molecule has 18 N–H and O–H groups in total. The zero-order chi connectivity index (χ0) is 86.4. The topological polar surface area (TPSA) is 588 Å². The van der Waals surface area contributed by atoms with Crippen molar-refractivity contribution in [2.24, 2.45) is 50.2 Å². The summed E-state index contributed by atoms with van der Waals surface area (Å²) in [6.45, 7) is 10.9. The van der Waals surface area contributed by atoms with Gasteiger partial charge in [0.25, 0.3) is 0 Å². The molecule has 118 heavy (non-hydrogen) atoms. The fraction of sp³-hybridized carbons (Fsp3) is 0.812. The van der Waals surface area contributed by atoms with Crippen molar-refractivity contribution in [3.8, 4) is 5.75 Å². The van der Waals surface area contributed by atoms with E-state index in [9.17, 15) is 111 Å². The van der Waals surface area contributed by atoms with Crippen LogP contribution in [0.15, 0.2) is 42.0 Å². The van der Waals surface area contributed by atoms with Crippen LogP contribution in [-0.4, -0.2) is 345 Å². The Morgan fingerprint density at radius 3 is 1.85 bits per heavy atom. The number of carboxylic acid groups (broad SMARTS) is 2. The third kappa shape index (κ3) is 17.1. The second-order valence-corrected chi connectivity index (χ2v) is 36.2. The molecule has 0 spiro atoms. The highest BCUT2D eigenvalue weighted by Gasteiger charge is 2.74. The van der Waals surface area contributed by atoms with Crippen LogP contribution in [0.2, 0.25) is 0 Å². The first kappa shape index (κ1) is 92.0. The van der Waals surface area contributed by atoms with Crippen LogP contribution in [0.4, 0.5) is 0 Å². The van der Waals surface area contributed by atoms with E-state index in [1.165, 1.54) is 40.9 Å². The summed E-state index contributed by atoms with van der Waals surface area (Å²) in [7, 11) is 1.47. The summed E-state index contributed by atoms with van der Waals surface area (Å²) in [4.78, 5) is 69.6. The van der Waals surface area contributed by atoms with Crippen molar-refractivity contribution in [3.05, 3.63) is 47.6 Å². The van der Waals surface area contributed by atoms with E-state index in [0.717, 1.165) is 18.6 Å². The Hall–Kier alpha value is -5.23. The average molecular weight is 1690 g/mol. The van der Waals surface area contributed by atoms with Crippen LogP contribution >= 0.6 is 0 Å². The van der Waals surface area contributed by atoms with Crippen molar-refractivity contribution < 1.29 is 187 Å². The molecular formula is C80H118O38.